The molecule has 0 bridgehead atoms. The zero-order valence-corrected chi connectivity index (χ0v) is 8.40. The van der Waals surface area contributed by atoms with Gasteiger partial charge in [-0.05, 0) is 12.5 Å². The van der Waals surface area contributed by atoms with Crippen LogP contribution in [0.25, 0.3) is 0 Å². The summed E-state index contributed by atoms with van der Waals surface area (Å²) in [6.07, 6.45) is 2.41. The number of carbonyl (C=O) groups excluding carboxylic acids is 1. The molecule has 0 aliphatic heterocycles. The first-order valence-corrected chi connectivity index (χ1v) is 4.58. The van der Waals surface area contributed by atoms with Gasteiger partial charge in [0.15, 0.2) is 0 Å². The third-order valence-electron chi connectivity index (χ3n) is 1.99. The molecule has 1 aromatic rings. The van der Waals surface area contributed by atoms with Gasteiger partial charge in [0.2, 0.25) is 0 Å². The van der Waals surface area contributed by atoms with Gasteiger partial charge in [-0.3, -0.25) is 9.48 Å². The highest BCUT2D eigenvalue weighted by atomic mass is 16.3. The Morgan fingerprint density at radius 2 is 2.50 bits per heavy atom. The summed E-state index contributed by atoms with van der Waals surface area (Å²) in [6, 6.07) is 1.45. The summed E-state index contributed by atoms with van der Waals surface area (Å²) in [5.41, 5.74) is 0.374. The number of carbonyl (C=O) groups is 1. The largest absolute Gasteiger partial charge is 0.394 e. The highest BCUT2D eigenvalue weighted by Crippen LogP contribution is 1.96. The van der Waals surface area contributed by atoms with Crippen molar-refractivity contribution in [3.05, 3.63) is 18.0 Å². The van der Waals surface area contributed by atoms with E-state index in [0.29, 0.717) is 12.1 Å². The fraction of sp³-hybridized carbons (Fsp3) is 0.556. The molecule has 5 heteroatoms. The molecule has 1 amide bonds. The van der Waals surface area contributed by atoms with Crippen LogP contribution in [0.1, 0.15) is 23.8 Å². The van der Waals surface area contributed by atoms with Gasteiger partial charge >= 0.3 is 0 Å². The van der Waals surface area contributed by atoms with Gasteiger partial charge in [0.05, 0.1) is 12.6 Å². The van der Waals surface area contributed by atoms with E-state index in [1.165, 1.54) is 0 Å². The molecule has 0 fully saturated rings. The summed E-state index contributed by atoms with van der Waals surface area (Å²) in [4.78, 5) is 11.5. The molecule has 0 aliphatic rings. The number of rotatable bonds is 4. The molecule has 14 heavy (non-hydrogen) atoms. The second-order valence-electron chi connectivity index (χ2n) is 3.14. The number of hydrogen-bond acceptors (Lipinski definition) is 3. The standard InChI is InChI=1S/C9H15N3O2/c1-3-7(6-13)10-9(14)8-4-5-12(2)11-8/h4-5,7,13H,3,6H2,1-2H3,(H,10,14)/t7-/m1/s1. The Hall–Kier alpha value is -1.36. The van der Waals surface area contributed by atoms with E-state index < -0.39 is 0 Å². The van der Waals surface area contributed by atoms with Crippen LogP contribution in [0.3, 0.4) is 0 Å². The molecular formula is C9H15N3O2. The normalized spacial score (nSPS) is 12.5. The van der Waals surface area contributed by atoms with E-state index >= 15 is 0 Å². The third kappa shape index (κ3) is 2.56. The molecule has 0 saturated heterocycles. The first-order chi connectivity index (χ1) is 6.67. The van der Waals surface area contributed by atoms with Gasteiger partial charge in [0, 0.05) is 13.2 Å². The molecule has 1 aromatic heterocycles. The SMILES string of the molecule is CC[C@H](CO)NC(=O)c1ccn(C)n1. The van der Waals surface area contributed by atoms with Gasteiger partial charge in [0.25, 0.3) is 5.91 Å². The molecule has 5 nitrogen and oxygen atoms in total. The molecule has 1 heterocycles. The number of nitrogens with zero attached hydrogens (tertiary/aromatic N) is 2. The third-order valence-corrected chi connectivity index (χ3v) is 1.99. The Morgan fingerprint density at radius 1 is 1.79 bits per heavy atom. The fourth-order valence-corrected chi connectivity index (χ4v) is 1.07. The number of aliphatic hydroxyl groups excluding tert-OH is 1. The van der Waals surface area contributed by atoms with Crippen LogP contribution in [0.2, 0.25) is 0 Å². The number of nitrogens with one attached hydrogen (secondary N) is 1. The van der Waals surface area contributed by atoms with Crippen molar-refractivity contribution in [3.63, 3.8) is 0 Å². The molecule has 0 aliphatic carbocycles. The predicted molar refractivity (Wildman–Crippen MR) is 51.8 cm³/mol. The lowest BCUT2D eigenvalue weighted by Gasteiger charge is -2.12. The predicted octanol–water partition coefficient (Wildman–Crippen LogP) is -0.0792. The molecule has 0 saturated carbocycles. The molecule has 0 aromatic carbocycles. The molecule has 78 valence electrons. The smallest absolute Gasteiger partial charge is 0.272 e. The average molecular weight is 197 g/mol. The van der Waals surface area contributed by atoms with E-state index in [-0.39, 0.29) is 18.6 Å². The highest BCUT2D eigenvalue weighted by molar-refractivity contribution is 5.92. The summed E-state index contributed by atoms with van der Waals surface area (Å²) in [7, 11) is 1.75. The maximum atomic E-state index is 11.5. The molecule has 2 N–H and O–H groups in total. The lowest BCUT2D eigenvalue weighted by Crippen LogP contribution is -2.37. The van der Waals surface area contributed by atoms with Crippen molar-refractivity contribution in [2.24, 2.45) is 7.05 Å². The molecule has 0 unspecified atom stereocenters. The number of hydrogen-bond donors (Lipinski definition) is 2. The van der Waals surface area contributed by atoms with Gasteiger partial charge in [-0.2, -0.15) is 5.10 Å². The van der Waals surface area contributed by atoms with Crippen LogP contribution in [0, 0.1) is 0 Å². The summed E-state index contributed by atoms with van der Waals surface area (Å²) in [6.45, 7) is 1.86. The minimum atomic E-state index is -0.244. The summed E-state index contributed by atoms with van der Waals surface area (Å²) >= 11 is 0. The lowest BCUT2D eigenvalue weighted by atomic mass is 10.2. The minimum Gasteiger partial charge on any atom is -0.394 e. The van der Waals surface area contributed by atoms with Crippen LogP contribution in [0.4, 0.5) is 0 Å². The Morgan fingerprint density at radius 3 is 2.93 bits per heavy atom. The van der Waals surface area contributed by atoms with E-state index in [0.717, 1.165) is 0 Å². The molecule has 0 radical (unpaired) electrons. The summed E-state index contributed by atoms with van der Waals surface area (Å²) < 4.78 is 1.56. The van der Waals surface area contributed by atoms with E-state index in [1.807, 2.05) is 6.92 Å². The quantitative estimate of drug-likeness (QED) is 0.709. The topological polar surface area (TPSA) is 67.2 Å². The van der Waals surface area contributed by atoms with Crippen LogP contribution >= 0.6 is 0 Å². The first-order valence-electron chi connectivity index (χ1n) is 4.58. The Bertz CT molecular complexity index is 305. The molecule has 1 rings (SSSR count). The summed E-state index contributed by atoms with van der Waals surface area (Å²) in [5.74, 6) is -0.244. The van der Waals surface area contributed by atoms with Gasteiger partial charge in [-0.1, -0.05) is 6.92 Å². The first kappa shape index (κ1) is 10.7. The van der Waals surface area contributed by atoms with Gasteiger partial charge in [-0.25, -0.2) is 0 Å². The zero-order chi connectivity index (χ0) is 10.6. The van der Waals surface area contributed by atoms with Crippen molar-refractivity contribution in [1.82, 2.24) is 15.1 Å². The number of aryl methyl sites for hydroxylation is 1. The van der Waals surface area contributed by atoms with E-state index in [2.05, 4.69) is 10.4 Å². The van der Waals surface area contributed by atoms with Crippen molar-refractivity contribution < 1.29 is 9.90 Å². The van der Waals surface area contributed by atoms with Crippen molar-refractivity contribution in [3.8, 4) is 0 Å². The second kappa shape index (κ2) is 4.76. The van der Waals surface area contributed by atoms with E-state index in [4.69, 9.17) is 5.11 Å². The second-order valence-corrected chi connectivity index (χ2v) is 3.14. The molecular weight excluding hydrogens is 182 g/mol. The lowest BCUT2D eigenvalue weighted by molar-refractivity contribution is 0.0909. The maximum absolute atomic E-state index is 11.5. The van der Waals surface area contributed by atoms with Crippen molar-refractivity contribution in [2.75, 3.05) is 6.61 Å². The van der Waals surface area contributed by atoms with E-state index in [9.17, 15) is 4.79 Å². The molecule has 0 spiro atoms. The minimum absolute atomic E-state index is 0.0466. The number of aromatic nitrogens is 2. The number of amides is 1. The Kier molecular flexibility index (Phi) is 3.64. The zero-order valence-electron chi connectivity index (χ0n) is 8.40. The van der Waals surface area contributed by atoms with Crippen LogP contribution in [-0.4, -0.2) is 33.4 Å². The van der Waals surface area contributed by atoms with Crippen LogP contribution in [0.5, 0.6) is 0 Å². The van der Waals surface area contributed by atoms with Gasteiger partial charge in [-0.15, -0.1) is 0 Å². The Balaban J connectivity index is 2.58. The average Bonchev–Trinajstić information content (AvgIpc) is 2.61. The van der Waals surface area contributed by atoms with Crippen molar-refractivity contribution >= 4 is 5.91 Å². The van der Waals surface area contributed by atoms with E-state index in [1.54, 1.807) is 24.0 Å². The molecule has 1 atom stereocenters. The fourth-order valence-electron chi connectivity index (χ4n) is 1.07. The highest BCUT2D eigenvalue weighted by Gasteiger charge is 2.12. The van der Waals surface area contributed by atoms with Crippen LogP contribution in [0.15, 0.2) is 12.3 Å². The number of aliphatic hydroxyl groups is 1. The monoisotopic (exact) mass is 197 g/mol. The van der Waals surface area contributed by atoms with Gasteiger partial charge < -0.3 is 10.4 Å². The summed E-state index contributed by atoms with van der Waals surface area (Å²) in [5, 5.41) is 15.5. The van der Waals surface area contributed by atoms with Crippen molar-refractivity contribution in [2.45, 2.75) is 19.4 Å². The van der Waals surface area contributed by atoms with Crippen LogP contribution in [-0.2, 0) is 7.05 Å². The van der Waals surface area contributed by atoms with Gasteiger partial charge in [0.1, 0.15) is 5.69 Å². The van der Waals surface area contributed by atoms with Crippen LogP contribution < -0.4 is 5.32 Å². The maximum Gasteiger partial charge on any atom is 0.272 e. The van der Waals surface area contributed by atoms with Crippen molar-refractivity contribution in [1.29, 1.82) is 0 Å². The Labute approximate surface area is 82.7 Å².